The van der Waals surface area contributed by atoms with E-state index in [1.807, 2.05) is 11.8 Å². The van der Waals surface area contributed by atoms with Crippen LogP contribution in [0.15, 0.2) is 0 Å². The van der Waals surface area contributed by atoms with Gasteiger partial charge in [0.25, 0.3) is 0 Å². The van der Waals surface area contributed by atoms with Gasteiger partial charge in [0.15, 0.2) is 0 Å². The zero-order valence-corrected chi connectivity index (χ0v) is 10.7. The maximum Gasteiger partial charge on any atom is 0.237 e. The maximum atomic E-state index is 11.5. The third-order valence-corrected chi connectivity index (χ3v) is 3.28. The zero-order valence-electron chi connectivity index (χ0n) is 9.91. The Kier molecular flexibility index (Phi) is 5.06. The van der Waals surface area contributed by atoms with Crippen molar-refractivity contribution in [2.45, 2.75) is 32.7 Å². The van der Waals surface area contributed by atoms with E-state index in [4.69, 9.17) is 11.6 Å². The first-order valence-corrected chi connectivity index (χ1v) is 6.24. The second-order valence-electron chi connectivity index (χ2n) is 4.07. The van der Waals surface area contributed by atoms with Crippen LogP contribution in [0.5, 0.6) is 0 Å². The van der Waals surface area contributed by atoms with Crippen LogP contribution < -0.4 is 0 Å². The lowest BCUT2D eigenvalue weighted by Crippen LogP contribution is -2.51. The van der Waals surface area contributed by atoms with E-state index in [2.05, 4.69) is 0 Å². The van der Waals surface area contributed by atoms with Crippen LogP contribution in [-0.4, -0.2) is 53.2 Å². The van der Waals surface area contributed by atoms with Crippen LogP contribution in [0.25, 0.3) is 0 Å². The van der Waals surface area contributed by atoms with Crippen LogP contribution in [0.1, 0.15) is 26.7 Å². The van der Waals surface area contributed by atoms with Crippen LogP contribution in [0, 0.1) is 0 Å². The van der Waals surface area contributed by atoms with E-state index in [0.717, 1.165) is 19.4 Å². The lowest BCUT2D eigenvalue weighted by atomic mass is 10.0. The number of rotatable bonds is 3. The van der Waals surface area contributed by atoms with Gasteiger partial charge in [-0.15, -0.1) is 11.6 Å². The fourth-order valence-corrected chi connectivity index (χ4v) is 2.43. The predicted molar refractivity (Wildman–Crippen MR) is 63.4 cm³/mol. The van der Waals surface area contributed by atoms with Crippen molar-refractivity contribution in [3.63, 3.8) is 0 Å². The minimum absolute atomic E-state index is 0.0267. The molecule has 0 bridgehead atoms. The molecule has 0 aromatic carbocycles. The third kappa shape index (κ3) is 3.11. The van der Waals surface area contributed by atoms with Gasteiger partial charge in [-0.1, -0.05) is 0 Å². The molecule has 0 aromatic rings. The van der Waals surface area contributed by atoms with Gasteiger partial charge in [0, 0.05) is 32.6 Å². The number of carbonyl (C=O) groups is 2. The van der Waals surface area contributed by atoms with Crippen LogP contribution in [0.3, 0.4) is 0 Å². The van der Waals surface area contributed by atoms with E-state index < -0.39 is 0 Å². The van der Waals surface area contributed by atoms with Crippen LogP contribution in [-0.2, 0) is 9.59 Å². The molecule has 5 heteroatoms. The van der Waals surface area contributed by atoms with Gasteiger partial charge in [0.05, 0.1) is 0 Å². The molecule has 1 atom stereocenters. The number of amides is 2. The van der Waals surface area contributed by atoms with E-state index in [0.29, 0.717) is 13.1 Å². The zero-order chi connectivity index (χ0) is 12.1. The summed E-state index contributed by atoms with van der Waals surface area (Å²) in [4.78, 5) is 26.5. The number of halogens is 1. The van der Waals surface area contributed by atoms with Crippen molar-refractivity contribution < 1.29 is 9.59 Å². The summed E-state index contributed by atoms with van der Waals surface area (Å²) in [6.07, 6.45) is 1.91. The molecular formula is C11H19ClN2O2. The van der Waals surface area contributed by atoms with Gasteiger partial charge in [-0.2, -0.15) is 0 Å². The molecule has 16 heavy (non-hydrogen) atoms. The summed E-state index contributed by atoms with van der Waals surface area (Å²) in [6, 6.07) is 0.156. The van der Waals surface area contributed by atoms with Gasteiger partial charge in [0.1, 0.15) is 5.88 Å². The molecule has 92 valence electrons. The van der Waals surface area contributed by atoms with E-state index in [9.17, 15) is 9.59 Å². The number of hydrogen-bond acceptors (Lipinski definition) is 2. The van der Waals surface area contributed by atoms with Crippen molar-refractivity contribution in [3.05, 3.63) is 0 Å². The van der Waals surface area contributed by atoms with Crippen LogP contribution >= 0.6 is 11.6 Å². The highest BCUT2D eigenvalue weighted by Gasteiger charge is 2.27. The quantitative estimate of drug-likeness (QED) is 0.700. The monoisotopic (exact) mass is 246 g/mol. The highest BCUT2D eigenvalue weighted by Crippen LogP contribution is 2.16. The Bertz CT molecular complexity index is 271. The number of hydrogen-bond donors (Lipinski definition) is 0. The fraction of sp³-hybridized carbons (Fsp3) is 0.818. The summed E-state index contributed by atoms with van der Waals surface area (Å²) < 4.78 is 0. The fourth-order valence-electron chi connectivity index (χ4n) is 2.26. The molecule has 1 unspecified atom stereocenters. The van der Waals surface area contributed by atoms with Gasteiger partial charge in [-0.3, -0.25) is 9.59 Å². The van der Waals surface area contributed by atoms with Gasteiger partial charge < -0.3 is 9.80 Å². The normalized spacial score (nSPS) is 20.7. The first-order chi connectivity index (χ1) is 7.60. The molecule has 0 N–H and O–H groups in total. The third-order valence-electron chi connectivity index (χ3n) is 3.05. The number of likely N-dealkylation sites (tertiary alicyclic amines) is 1. The molecular weight excluding hydrogens is 228 g/mol. The van der Waals surface area contributed by atoms with E-state index >= 15 is 0 Å². The lowest BCUT2D eigenvalue weighted by Gasteiger charge is -2.38. The van der Waals surface area contributed by atoms with Gasteiger partial charge in [-0.05, 0) is 19.8 Å². The molecule has 2 amide bonds. The number of alkyl halides is 1. The molecule has 1 saturated heterocycles. The number of piperidine rings is 1. The largest absolute Gasteiger partial charge is 0.340 e. The minimum Gasteiger partial charge on any atom is -0.340 e. The molecule has 1 aliphatic rings. The first kappa shape index (κ1) is 13.3. The Balaban J connectivity index is 2.62. The van der Waals surface area contributed by atoms with Crippen molar-refractivity contribution in [1.29, 1.82) is 0 Å². The summed E-state index contributed by atoms with van der Waals surface area (Å²) >= 11 is 5.54. The van der Waals surface area contributed by atoms with Gasteiger partial charge >= 0.3 is 0 Å². The molecule has 0 saturated carbocycles. The molecule has 1 heterocycles. The highest BCUT2D eigenvalue weighted by atomic mass is 35.5. The second-order valence-corrected chi connectivity index (χ2v) is 4.34. The Labute approximate surface area is 102 Å². The first-order valence-electron chi connectivity index (χ1n) is 5.71. The summed E-state index contributed by atoms with van der Waals surface area (Å²) in [5.41, 5.74) is 0. The minimum atomic E-state index is -0.0361. The highest BCUT2D eigenvalue weighted by molar-refractivity contribution is 6.27. The summed E-state index contributed by atoms with van der Waals surface area (Å²) in [6.45, 7) is 5.62. The molecule has 0 aliphatic carbocycles. The van der Waals surface area contributed by atoms with Crippen LogP contribution in [0.2, 0.25) is 0 Å². The van der Waals surface area contributed by atoms with Gasteiger partial charge in [-0.25, -0.2) is 0 Å². The van der Waals surface area contributed by atoms with Gasteiger partial charge in [0.2, 0.25) is 11.8 Å². The predicted octanol–water partition coefficient (Wildman–Crippen LogP) is 1.08. The second kappa shape index (κ2) is 6.09. The summed E-state index contributed by atoms with van der Waals surface area (Å²) in [7, 11) is 0. The Morgan fingerprint density at radius 3 is 2.69 bits per heavy atom. The van der Waals surface area contributed by atoms with E-state index in [1.165, 1.54) is 0 Å². The van der Waals surface area contributed by atoms with Crippen LogP contribution in [0.4, 0.5) is 0 Å². The van der Waals surface area contributed by atoms with Crippen molar-refractivity contribution in [2.75, 3.05) is 25.5 Å². The van der Waals surface area contributed by atoms with E-state index in [1.54, 1.807) is 11.8 Å². The Morgan fingerprint density at radius 2 is 2.19 bits per heavy atom. The molecule has 1 fully saturated rings. The summed E-state index contributed by atoms with van der Waals surface area (Å²) in [5, 5.41) is 0. The SMILES string of the molecule is CCN(C(C)=O)C1CCCN(C(=O)CCl)C1. The number of likely N-dealkylation sites (N-methyl/N-ethyl adjacent to an activating group) is 1. The van der Waals surface area contributed by atoms with E-state index in [-0.39, 0.29) is 23.7 Å². The molecule has 4 nitrogen and oxygen atoms in total. The Hall–Kier alpha value is -0.770. The standard InChI is InChI=1S/C11H19ClN2O2/c1-3-14(9(2)15)10-5-4-6-13(8-10)11(16)7-12/h10H,3-8H2,1-2H3. The summed E-state index contributed by atoms with van der Waals surface area (Å²) in [5.74, 6) is 0.0671. The molecule has 1 rings (SSSR count). The average Bonchev–Trinajstić information content (AvgIpc) is 2.29. The maximum absolute atomic E-state index is 11.5. The molecule has 0 spiro atoms. The van der Waals surface area contributed by atoms with Crippen molar-refractivity contribution in [1.82, 2.24) is 9.80 Å². The Morgan fingerprint density at radius 1 is 1.50 bits per heavy atom. The number of carbonyl (C=O) groups excluding carboxylic acids is 2. The van der Waals surface area contributed by atoms with Crippen molar-refractivity contribution in [3.8, 4) is 0 Å². The number of nitrogens with zero attached hydrogens (tertiary/aromatic N) is 2. The molecule has 1 aliphatic heterocycles. The molecule has 0 aromatic heterocycles. The smallest absolute Gasteiger partial charge is 0.237 e. The topological polar surface area (TPSA) is 40.6 Å². The average molecular weight is 247 g/mol. The van der Waals surface area contributed by atoms with Crippen molar-refractivity contribution >= 4 is 23.4 Å². The molecule has 0 radical (unpaired) electrons. The van der Waals surface area contributed by atoms with Crippen molar-refractivity contribution in [2.24, 2.45) is 0 Å². The lowest BCUT2D eigenvalue weighted by molar-refractivity contribution is -0.137.